The zero-order valence-corrected chi connectivity index (χ0v) is 14.8. The molecule has 0 spiro atoms. The Morgan fingerprint density at radius 2 is 1.05 bits per heavy atom. The highest BCUT2D eigenvalue weighted by molar-refractivity contribution is 4.99. The minimum atomic E-state index is 0.998. The van der Waals surface area contributed by atoms with Crippen LogP contribution in [-0.4, -0.2) is 0 Å². The van der Waals surface area contributed by atoms with Gasteiger partial charge in [-0.2, -0.15) is 0 Å². The van der Waals surface area contributed by atoms with Gasteiger partial charge in [-0.25, -0.2) is 0 Å². The van der Waals surface area contributed by atoms with Crippen molar-refractivity contribution in [3.05, 3.63) is 24.8 Å². The van der Waals surface area contributed by atoms with Crippen molar-refractivity contribution in [1.29, 1.82) is 0 Å². The SMILES string of the molecule is C=CCC(=C)CCCCCCCCCCCCCCCC. The van der Waals surface area contributed by atoms with E-state index in [-0.39, 0.29) is 0 Å². The number of rotatable bonds is 17. The Hall–Kier alpha value is -0.520. The third-order valence-electron chi connectivity index (χ3n) is 4.32. The zero-order valence-electron chi connectivity index (χ0n) is 14.8. The second kappa shape index (κ2) is 17.5. The van der Waals surface area contributed by atoms with Gasteiger partial charge in [0.25, 0.3) is 0 Å². The normalized spacial score (nSPS) is 10.7. The molecule has 124 valence electrons. The molecular formula is C21H40. The van der Waals surface area contributed by atoms with Crippen LogP contribution in [0.5, 0.6) is 0 Å². The van der Waals surface area contributed by atoms with Gasteiger partial charge in [0, 0.05) is 0 Å². The van der Waals surface area contributed by atoms with Crippen LogP contribution < -0.4 is 0 Å². The average Bonchev–Trinajstić information content (AvgIpc) is 2.48. The average molecular weight is 293 g/mol. The van der Waals surface area contributed by atoms with Crippen molar-refractivity contribution in [2.45, 2.75) is 110 Å². The molecule has 0 amide bonds. The van der Waals surface area contributed by atoms with Gasteiger partial charge in [-0.05, 0) is 19.3 Å². The molecule has 0 radical (unpaired) electrons. The van der Waals surface area contributed by atoms with Crippen LogP contribution in [0.15, 0.2) is 24.8 Å². The summed E-state index contributed by atoms with van der Waals surface area (Å²) in [5.74, 6) is 0. The molecule has 0 rings (SSSR count). The molecule has 0 unspecified atom stereocenters. The van der Waals surface area contributed by atoms with Crippen LogP contribution in [0.2, 0.25) is 0 Å². The van der Waals surface area contributed by atoms with Crippen LogP contribution >= 0.6 is 0 Å². The second-order valence-corrected chi connectivity index (χ2v) is 6.59. The maximum atomic E-state index is 4.07. The number of allylic oxidation sites excluding steroid dienone is 2. The van der Waals surface area contributed by atoms with Gasteiger partial charge in [-0.3, -0.25) is 0 Å². The predicted octanol–water partition coefficient (Wildman–Crippen LogP) is 7.99. The van der Waals surface area contributed by atoms with E-state index in [1.165, 1.54) is 102 Å². The molecule has 21 heavy (non-hydrogen) atoms. The first-order valence-corrected chi connectivity index (χ1v) is 9.58. The van der Waals surface area contributed by atoms with Gasteiger partial charge in [0.1, 0.15) is 0 Å². The van der Waals surface area contributed by atoms with E-state index in [1.807, 2.05) is 6.08 Å². The van der Waals surface area contributed by atoms with Crippen LogP contribution in [0.1, 0.15) is 110 Å². The molecule has 0 aliphatic heterocycles. The number of unbranched alkanes of at least 4 members (excludes halogenated alkanes) is 13. The number of hydrogen-bond acceptors (Lipinski definition) is 0. The minimum Gasteiger partial charge on any atom is -0.103 e. The van der Waals surface area contributed by atoms with E-state index in [2.05, 4.69) is 20.1 Å². The summed E-state index contributed by atoms with van der Waals surface area (Å²) in [6.07, 6.45) is 24.2. The first-order chi connectivity index (χ1) is 10.3. The van der Waals surface area contributed by atoms with E-state index >= 15 is 0 Å². The van der Waals surface area contributed by atoms with E-state index in [4.69, 9.17) is 0 Å². The molecule has 0 aliphatic rings. The Morgan fingerprint density at radius 1 is 0.667 bits per heavy atom. The molecular weight excluding hydrogens is 252 g/mol. The summed E-state index contributed by atoms with van der Waals surface area (Å²) in [5, 5.41) is 0. The first-order valence-electron chi connectivity index (χ1n) is 9.58. The Bertz CT molecular complexity index is 226. The van der Waals surface area contributed by atoms with Gasteiger partial charge in [-0.1, -0.05) is 109 Å². The first kappa shape index (κ1) is 20.5. The van der Waals surface area contributed by atoms with E-state index in [1.54, 1.807) is 0 Å². The zero-order chi connectivity index (χ0) is 15.6. The van der Waals surface area contributed by atoms with Crippen LogP contribution in [0.25, 0.3) is 0 Å². The maximum Gasteiger partial charge on any atom is -0.0144 e. The largest absolute Gasteiger partial charge is 0.103 e. The minimum absolute atomic E-state index is 0.998. The van der Waals surface area contributed by atoms with Gasteiger partial charge < -0.3 is 0 Å². The summed E-state index contributed by atoms with van der Waals surface area (Å²) < 4.78 is 0. The van der Waals surface area contributed by atoms with E-state index < -0.39 is 0 Å². The van der Waals surface area contributed by atoms with E-state index in [0.717, 1.165) is 6.42 Å². The molecule has 0 aromatic rings. The lowest BCUT2D eigenvalue weighted by Gasteiger charge is -2.04. The van der Waals surface area contributed by atoms with E-state index in [0.29, 0.717) is 0 Å². The summed E-state index contributed by atoms with van der Waals surface area (Å²) in [5.41, 5.74) is 1.35. The molecule has 0 saturated carbocycles. The van der Waals surface area contributed by atoms with Crippen molar-refractivity contribution in [2.24, 2.45) is 0 Å². The van der Waals surface area contributed by atoms with Crippen molar-refractivity contribution in [2.75, 3.05) is 0 Å². The molecule has 0 heteroatoms. The van der Waals surface area contributed by atoms with Crippen LogP contribution in [-0.2, 0) is 0 Å². The Morgan fingerprint density at radius 3 is 1.43 bits per heavy atom. The monoisotopic (exact) mass is 292 g/mol. The molecule has 0 nitrogen and oxygen atoms in total. The second-order valence-electron chi connectivity index (χ2n) is 6.59. The lowest BCUT2D eigenvalue weighted by Crippen LogP contribution is -1.84. The predicted molar refractivity (Wildman–Crippen MR) is 98.9 cm³/mol. The van der Waals surface area contributed by atoms with Gasteiger partial charge in [0.05, 0.1) is 0 Å². The highest BCUT2D eigenvalue weighted by Gasteiger charge is 1.95. The molecule has 0 heterocycles. The molecule has 0 aliphatic carbocycles. The number of hydrogen-bond donors (Lipinski definition) is 0. The highest BCUT2D eigenvalue weighted by Crippen LogP contribution is 2.15. The van der Waals surface area contributed by atoms with Crippen LogP contribution in [0.3, 0.4) is 0 Å². The topological polar surface area (TPSA) is 0 Å². The van der Waals surface area contributed by atoms with Gasteiger partial charge in [0.15, 0.2) is 0 Å². The highest BCUT2D eigenvalue weighted by atomic mass is 14.0. The van der Waals surface area contributed by atoms with Crippen molar-refractivity contribution in [3.8, 4) is 0 Å². The van der Waals surface area contributed by atoms with E-state index in [9.17, 15) is 0 Å². The fourth-order valence-electron chi connectivity index (χ4n) is 2.88. The third-order valence-corrected chi connectivity index (χ3v) is 4.32. The smallest absolute Gasteiger partial charge is 0.0144 e. The summed E-state index contributed by atoms with van der Waals surface area (Å²) in [6, 6.07) is 0. The standard InChI is InChI=1S/C21H40/c1-4-6-7-8-9-10-11-12-13-14-15-16-17-18-20-21(3)19-5-2/h5H,2-4,6-20H2,1H3. The van der Waals surface area contributed by atoms with Crippen molar-refractivity contribution < 1.29 is 0 Å². The summed E-state index contributed by atoms with van der Waals surface area (Å²) in [6.45, 7) is 10.1. The molecule has 0 fully saturated rings. The summed E-state index contributed by atoms with van der Waals surface area (Å²) in [7, 11) is 0. The molecule has 0 aromatic carbocycles. The van der Waals surface area contributed by atoms with Gasteiger partial charge in [-0.15, -0.1) is 6.58 Å². The van der Waals surface area contributed by atoms with Crippen molar-refractivity contribution >= 4 is 0 Å². The maximum absolute atomic E-state index is 4.07. The Kier molecular flexibility index (Phi) is 17.1. The lowest BCUT2D eigenvalue weighted by atomic mass is 10.0. The van der Waals surface area contributed by atoms with Crippen molar-refractivity contribution in [1.82, 2.24) is 0 Å². The molecule has 0 N–H and O–H groups in total. The summed E-state index contributed by atoms with van der Waals surface area (Å²) in [4.78, 5) is 0. The Labute approximate surface area is 135 Å². The lowest BCUT2D eigenvalue weighted by molar-refractivity contribution is 0.535. The van der Waals surface area contributed by atoms with Gasteiger partial charge >= 0.3 is 0 Å². The third kappa shape index (κ3) is 17.4. The van der Waals surface area contributed by atoms with Crippen molar-refractivity contribution in [3.63, 3.8) is 0 Å². The van der Waals surface area contributed by atoms with Crippen LogP contribution in [0.4, 0.5) is 0 Å². The Balaban J connectivity index is 3.02. The quantitative estimate of drug-likeness (QED) is 0.188. The molecule has 0 aromatic heterocycles. The van der Waals surface area contributed by atoms with Crippen LogP contribution in [0, 0.1) is 0 Å². The molecule has 0 saturated heterocycles. The molecule has 0 bridgehead atoms. The van der Waals surface area contributed by atoms with Gasteiger partial charge in [0.2, 0.25) is 0 Å². The fourth-order valence-corrected chi connectivity index (χ4v) is 2.88. The summed E-state index contributed by atoms with van der Waals surface area (Å²) >= 11 is 0. The molecule has 0 atom stereocenters. The fraction of sp³-hybridized carbons (Fsp3) is 0.810.